The zero-order chi connectivity index (χ0) is 11.4. The fourth-order valence-electron chi connectivity index (χ4n) is 1.48. The summed E-state index contributed by atoms with van der Waals surface area (Å²) in [4.78, 5) is 8.11. The van der Waals surface area contributed by atoms with Gasteiger partial charge in [-0.25, -0.2) is 9.97 Å². The molecule has 1 heterocycles. The lowest BCUT2D eigenvalue weighted by atomic mass is 10.1. The van der Waals surface area contributed by atoms with Crippen molar-refractivity contribution in [2.45, 2.75) is 13.3 Å². The van der Waals surface area contributed by atoms with Crippen LogP contribution in [0.5, 0.6) is 0 Å². The van der Waals surface area contributed by atoms with Gasteiger partial charge in [0.05, 0.1) is 4.47 Å². The molecule has 0 radical (unpaired) electrons. The molecule has 0 spiro atoms. The average Bonchev–Trinajstić information content (AvgIpc) is 2.33. The van der Waals surface area contributed by atoms with E-state index in [1.54, 1.807) is 6.20 Å². The molecule has 4 heteroatoms. The van der Waals surface area contributed by atoms with Crippen molar-refractivity contribution >= 4 is 27.4 Å². The van der Waals surface area contributed by atoms with Crippen LogP contribution in [-0.2, 0) is 6.42 Å². The SMILES string of the molecule is CCc1ccccc1Nc1ncncc1Br. The van der Waals surface area contributed by atoms with Gasteiger partial charge >= 0.3 is 0 Å². The molecule has 1 N–H and O–H groups in total. The molecule has 0 bridgehead atoms. The number of aryl methyl sites for hydroxylation is 1. The van der Waals surface area contributed by atoms with Crippen molar-refractivity contribution in [1.82, 2.24) is 9.97 Å². The normalized spacial score (nSPS) is 10.1. The van der Waals surface area contributed by atoms with Crippen LogP contribution in [-0.4, -0.2) is 9.97 Å². The maximum atomic E-state index is 4.18. The van der Waals surface area contributed by atoms with Gasteiger partial charge in [0.25, 0.3) is 0 Å². The Morgan fingerprint density at radius 2 is 2.12 bits per heavy atom. The lowest BCUT2D eigenvalue weighted by Crippen LogP contribution is -1.98. The van der Waals surface area contributed by atoms with Gasteiger partial charge in [0, 0.05) is 11.9 Å². The molecule has 0 aliphatic carbocycles. The first-order valence-electron chi connectivity index (χ1n) is 5.11. The second-order valence-electron chi connectivity index (χ2n) is 3.35. The van der Waals surface area contributed by atoms with Crippen molar-refractivity contribution in [3.8, 4) is 0 Å². The highest BCUT2D eigenvalue weighted by Crippen LogP contribution is 2.24. The summed E-state index contributed by atoms with van der Waals surface area (Å²) >= 11 is 3.41. The summed E-state index contributed by atoms with van der Waals surface area (Å²) in [7, 11) is 0. The Labute approximate surface area is 103 Å². The van der Waals surface area contributed by atoms with Gasteiger partial charge in [-0.15, -0.1) is 0 Å². The van der Waals surface area contributed by atoms with E-state index in [1.165, 1.54) is 11.9 Å². The molecule has 3 nitrogen and oxygen atoms in total. The van der Waals surface area contributed by atoms with E-state index in [4.69, 9.17) is 0 Å². The number of aromatic nitrogens is 2. The van der Waals surface area contributed by atoms with E-state index in [0.717, 1.165) is 22.4 Å². The Morgan fingerprint density at radius 1 is 1.31 bits per heavy atom. The molecule has 0 saturated heterocycles. The minimum atomic E-state index is 0.788. The van der Waals surface area contributed by atoms with Crippen LogP contribution in [0.1, 0.15) is 12.5 Å². The molecule has 0 saturated carbocycles. The van der Waals surface area contributed by atoms with Gasteiger partial charge in [-0.3, -0.25) is 0 Å². The lowest BCUT2D eigenvalue weighted by Gasteiger charge is -2.10. The predicted molar refractivity (Wildman–Crippen MR) is 68.8 cm³/mol. The van der Waals surface area contributed by atoms with Gasteiger partial charge in [-0.2, -0.15) is 0 Å². The quantitative estimate of drug-likeness (QED) is 0.933. The summed E-state index contributed by atoms with van der Waals surface area (Å²) in [5.74, 6) is 0.788. The van der Waals surface area contributed by atoms with E-state index in [-0.39, 0.29) is 0 Å². The van der Waals surface area contributed by atoms with Crippen LogP contribution in [0.2, 0.25) is 0 Å². The molecule has 0 aliphatic rings. The first-order valence-corrected chi connectivity index (χ1v) is 5.91. The summed E-state index contributed by atoms with van der Waals surface area (Å²) in [6, 6.07) is 8.21. The van der Waals surface area contributed by atoms with Crippen molar-refractivity contribution in [3.63, 3.8) is 0 Å². The predicted octanol–water partition coefficient (Wildman–Crippen LogP) is 3.55. The maximum Gasteiger partial charge on any atom is 0.148 e. The van der Waals surface area contributed by atoms with Gasteiger partial charge in [0.2, 0.25) is 0 Å². The molecule has 0 aliphatic heterocycles. The van der Waals surface area contributed by atoms with Gasteiger partial charge in [0.1, 0.15) is 12.1 Å². The molecule has 0 fully saturated rings. The fraction of sp³-hybridized carbons (Fsp3) is 0.167. The molecule has 82 valence electrons. The van der Waals surface area contributed by atoms with Crippen LogP contribution in [0.25, 0.3) is 0 Å². The van der Waals surface area contributed by atoms with E-state index in [2.05, 4.69) is 44.2 Å². The number of hydrogen-bond donors (Lipinski definition) is 1. The van der Waals surface area contributed by atoms with E-state index < -0.39 is 0 Å². The van der Waals surface area contributed by atoms with E-state index in [9.17, 15) is 0 Å². The number of nitrogens with zero attached hydrogens (tertiary/aromatic N) is 2. The highest BCUT2D eigenvalue weighted by Gasteiger charge is 2.03. The Kier molecular flexibility index (Phi) is 3.51. The third-order valence-electron chi connectivity index (χ3n) is 2.32. The van der Waals surface area contributed by atoms with Crippen molar-refractivity contribution < 1.29 is 0 Å². The topological polar surface area (TPSA) is 37.8 Å². The van der Waals surface area contributed by atoms with Gasteiger partial charge in [0.15, 0.2) is 0 Å². The van der Waals surface area contributed by atoms with Gasteiger partial charge in [-0.1, -0.05) is 25.1 Å². The third-order valence-corrected chi connectivity index (χ3v) is 2.90. The Bertz CT molecular complexity index is 485. The lowest BCUT2D eigenvalue weighted by molar-refractivity contribution is 1.12. The number of benzene rings is 1. The first-order chi connectivity index (χ1) is 7.81. The second kappa shape index (κ2) is 5.07. The molecule has 16 heavy (non-hydrogen) atoms. The Hall–Kier alpha value is -1.42. The van der Waals surface area contributed by atoms with E-state index in [1.807, 2.05) is 18.2 Å². The van der Waals surface area contributed by atoms with Crippen LogP contribution >= 0.6 is 15.9 Å². The fourth-order valence-corrected chi connectivity index (χ4v) is 1.80. The van der Waals surface area contributed by atoms with Gasteiger partial charge in [-0.05, 0) is 34.0 Å². The molecular formula is C12H12BrN3. The monoisotopic (exact) mass is 277 g/mol. The number of hydrogen-bond acceptors (Lipinski definition) is 3. The molecule has 1 aromatic carbocycles. The van der Waals surface area contributed by atoms with Crippen LogP contribution in [0, 0.1) is 0 Å². The Balaban J connectivity index is 2.30. The summed E-state index contributed by atoms with van der Waals surface area (Å²) in [5.41, 5.74) is 2.36. The second-order valence-corrected chi connectivity index (χ2v) is 4.21. The molecule has 2 rings (SSSR count). The highest BCUT2D eigenvalue weighted by molar-refractivity contribution is 9.10. The van der Waals surface area contributed by atoms with E-state index in [0.29, 0.717) is 0 Å². The standard InChI is InChI=1S/C12H12BrN3/c1-2-9-5-3-4-6-11(9)16-12-10(13)7-14-8-15-12/h3-8H,2H2,1H3,(H,14,15,16). The number of nitrogens with one attached hydrogen (secondary N) is 1. The summed E-state index contributed by atoms with van der Waals surface area (Å²) < 4.78 is 0.862. The number of rotatable bonds is 3. The molecule has 1 aromatic heterocycles. The summed E-state index contributed by atoms with van der Waals surface area (Å²) in [5, 5.41) is 3.29. The number of anilines is 2. The van der Waals surface area contributed by atoms with Crippen molar-refractivity contribution in [1.29, 1.82) is 0 Å². The van der Waals surface area contributed by atoms with Crippen LogP contribution < -0.4 is 5.32 Å². The highest BCUT2D eigenvalue weighted by atomic mass is 79.9. The molecular weight excluding hydrogens is 266 g/mol. The van der Waals surface area contributed by atoms with Crippen LogP contribution in [0.4, 0.5) is 11.5 Å². The van der Waals surface area contributed by atoms with Crippen molar-refractivity contribution in [2.24, 2.45) is 0 Å². The number of halogens is 1. The smallest absolute Gasteiger partial charge is 0.148 e. The molecule has 0 atom stereocenters. The molecule has 0 unspecified atom stereocenters. The molecule has 2 aromatic rings. The van der Waals surface area contributed by atoms with Crippen LogP contribution in [0.15, 0.2) is 41.3 Å². The van der Waals surface area contributed by atoms with E-state index >= 15 is 0 Å². The zero-order valence-electron chi connectivity index (χ0n) is 8.94. The zero-order valence-corrected chi connectivity index (χ0v) is 10.5. The third kappa shape index (κ3) is 2.39. The van der Waals surface area contributed by atoms with Crippen molar-refractivity contribution in [2.75, 3.05) is 5.32 Å². The van der Waals surface area contributed by atoms with Gasteiger partial charge < -0.3 is 5.32 Å². The molecule has 0 amide bonds. The summed E-state index contributed by atoms with van der Waals surface area (Å²) in [6.45, 7) is 2.13. The largest absolute Gasteiger partial charge is 0.339 e. The first kappa shape index (κ1) is 11.1. The number of para-hydroxylation sites is 1. The minimum absolute atomic E-state index is 0.788. The Morgan fingerprint density at radius 3 is 2.88 bits per heavy atom. The van der Waals surface area contributed by atoms with Crippen molar-refractivity contribution in [3.05, 3.63) is 46.8 Å². The summed E-state index contributed by atoms with van der Waals surface area (Å²) in [6.07, 6.45) is 4.25. The average molecular weight is 278 g/mol. The minimum Gasteiger partial charge on any atom is -0.339 e. The van der Waals surface area contributed by atoms with Crippen LogP contribution in [0.3, 0.4) is 0 Å². The maximum absolute atomic E-state index is 4.18.